The third-order valence-electron chi connectivity index (χ3n) is 4.94. The molecule has 0 bridgehead atoms. The summed E-state index contributed by atoms with van der Waals surface area (Å²) in [6, 6.07) is 5.14. The van der Waals surface area contributed by atoms with Gasteiger partial charge in [-0.05, 0) is 12.8 Å². The number of carboxylic acid groups (broad SMARTS) is 2. The lowest BCUT2D eigenvalue weighted by atomic mass is 10.1. The minimum absolute atomic E-state index is 0.0835. The van der Waals surface area contributed by atoms with Gasteiger partial charge in [-0.1, -0.05) is 51.0 Å². The van der Waals surface area contributed by atoms with Crippen molar-refractivity contribution in [3.8, 4) is 0 Å². The zero-order valence-electron chi connectivity index (χ0n) is 22.5. The van der Waals surface area contributed by atoms with E-state index in [4.69, 9.17) is 0 Å². The Balaban J connectivity index is 0. The topological polar surface area (TPSA) is 80.3 Å². The number of carbonyl (C=O) groups excluding carboxylic acids is 2. The summed E-state index contributed by atoms with van der Waals surface area (Å²) >= 11 is 0. The second kappa shape index (κ2) is 19.5. The van der Waals surface area contributed by atoms with Crippen LogP contribution in [0.4, 0.5) is 52.7 Å². The highest BCUT2D eigenvalue weighted by Gasteiger charge is 2.44. The average molecular weight is 674 g/mol. The van der Waals surface area contributed by atoms with Gasteiger partial charge in [0.25, 0.3) is 0 Å². The number of hydrogen-bond acceptors (Lipinski definition) is 4. The van der Waals surface area contributed by atoms with Crippen molar-refractivity contribution in [2.24, 2.45) is 0 Å². The van der Waals surface area contributed by atoms with Gasteiger partial charge < -0.3 is 19.8 Å². The van der Waals surface area contributed by atoms with Crippen molar-refractivity contribution in [3.05, 3.63) is 35.4 Å². The monoisotopic (exact) mass is 674 g/mol. The predicted octanol–water partition coefficient (Wildman–Crippen LogP) is 6.66. The van der Waals surface area contributed by atoms with E-state index in [0.29, 0.717) is 25.7 Å². The lowest BCUT2D eigenvalue weighted by Crippen LogP contribution is -2.29. The van der Waals surface area contributed by atoms with E-state index in [1.54, 1.807) is 13.8 Å². The van der Waals surface area contributed by atoms with Crippen LogP contribution in [0.3, 0.4) is 0 Å². The molecule has 0 amide bonds. The second-order valence-corrected chi connectivity index (χ2v) is 14.4. The molecule has 0 saturated carbocycles. The molecule has 4 nitrogen and oxygen atoms in total. The molecule has 0 aliphatic heterocycles. The van der Waals surface area contributed by atoms with Crippen LogP contribution >= 0.6 is 15.8 Å². The van der Waals surface area contributed by atoms with Crippen LogP contribution in [0.15, 0.2) is 24.3 Å². The maximum atomic E-state index is 12.0. The van der Waals surface area contributed by atoms with Crippen LogP contribution in [0.25, 0.3) is 0 Å². The highest BCUT2D eigenvalue weighted by Crippen LogP contribution is 2.47. The molecule has 0 heterocycles. The number of unbranched alkanes of at least 4 members (excludes halogenated alkanes) is 2. The largest absolute Gasteiger partial charge is 0.545 e. The fourth-order valence-corrected chi connectivity index (χ4v) is 8.24. The maximum absolute atomic E-state index is 12.0. The molecule has 42 heavy (non-hydrogen) atoms. The number of rotatable bonds is 12. The zero-order chi connectivity index (χ0) is 33.4. The Morgan fingerprint density at radius 2 is 0.810 bits per heavy atom. The Bertz CT molecular complexity index is 811. The molecule has 0 N–H and O–H groups in total. The van der Waals surface area contributed by atoms with Crippen molar-refractivity contribution < 1.29 is 72.5 Å². The smallest absolute Gasteiger partial charge is 0.421 e. The number of aromatic carboxylic acids is 2. The van der Waals surface area contributed by atoms with E-state index < -0.39 is 77.1 Å². The first-order chi connectivity index (χ1) is 18.9. The molecule has 0 fully saturated rings. The van der Waals surface area contributed by atoms with E-state index in [1.165, 1.54) is 12.1 Å². The molecule has 1 aromatic rings. The number of halogens is 12. The third-order valence-corrected chi connectivity index (χ3v) is 10.7. The molecule has 1 aromatic carbocycles. The summed E-state index contributed by atoms with van der Waals surface area (Å²) in [7, 11) is -4.74. The SMILES string of the molecule is CCCC[PH+](CC(F)(F)F)CC(F)(F)F.CCCC[PH+](CC(F)(F)F)CC(F)(F)F.O=C([O-])c1ccccc1C(=O)[O-]. The molecule has 0 spiro atoms. The Kier molecular flexibility index (Phi) is 19.6. The van der Waals surface area contributed by atoms with E-state index in [-0.39, 0.29) is 23.5 Å². The zero-order valence-corrected chi connectivity index (χ0v) is 24.5. The predicted molar refractivity (Wildman–Crippen MR) is 135 cm³/mol. The van der Waals surface area contributed by atoms with Crippen molar-refractivity contribution in [1.82, 2.24) is 0 Å². The van der Waals surface area contributed by atoms with Crippen molar-refractivity contribution >= 4 is 27.8 Å². The van der Waals surface area contributed by atoms with Crippen molar-refractivity contribution in [2.75, 3.05) is 37.0 Å². The van der Waals surface area contributed by atoms with Crippen LogP contribution in [-0.2, 0) is 0 Å². The molecule has 0 aliphatic rings. The number of hydrogen-bond donors (Lipinski definition) is 0. The number of carboxylic acids is 2. The summed E-state index contributed by atoms with van der Waals surface area (Å²) in [4.78, 5) is 20.6. The van der Waals surface area contributed by atoms with Gasteiger partial charge in [0.1, 0.15) is 0 Å². The Labute approximate surface area is 237 Å². The minimum atomic E-state index is -4.46. The summed E-state index contributed by atoms with van der Waals surface area (Å²) in [5, 5.41) is 20.6. The van der Waals surface area contributed by atoms with Gasteiger partial charge >= 0.3 is 24.7 Å². The molecule has 0 atom stereocenters. The lowest BCUT2D eigenvalue weighted by molar-refractivity contribution is -0.259. The van der Waals surface area contributed by atoms with Gasteiger partial charge in [0.15, 0.2) is 24.6 Å². The normalized spacial score (nSPS) is 12.4. The highest BCUT2D eigenvalue weighted by molar-refractivity contribution is 7.58. The van der Waals surface area contributed by atoms with E-state index in [9.17, 15) is 72.5 Å². The first kappa shape index (κ1) is 42.3. The van der Waals surface area contributed by atoms with E-state index in [1.807, 2.05) is 0 Å². The Hall–Kier alpha value is -1.82. The Morgan fingerprint density at radius 1 is 0.571 bits per heavy atom. The molecular weight excluding hydrogens is 642 g/mol. The summed E-state index contributed by atoms with van der Waals surface area (Å²) in [5.41, 5.74) is -0.727. The summed E-state index contributed by atoms with van der Waals surface area (Å²) in [6.45, 7) is 3.50. The van der Waals surface area contributed by atoms with Crippen molar-refractivity contribution in [2.45, 2.75) is 64.2 Å². The molecule has 18 heteroatoms. The van der Waals surface area contributed by atoms with Crippen LogP contribution in [0.2, 0.25) is 0 Å². The molecular formula is C24H32F12O4P2. The van der Waals surface area contributed by atoms with Gasteiger partial charge in [-0.15, -0.1) is 0 Å². The minimum Gasteiger partial charge on any atom is -0.545 e. The van der Waals surface area contributed by atoms with Gasteiger partial charge in [-0.2, -0.15) is 52.7 Å². The van der Waals surface area contributed by atoms with Crippen molar-refractivity contribution in [3.63, 3.8) is 0 Å². The molecule has 1 rings (SSSR count). The van der Waals surface area contributed by atoms with Gasteiger partial charge in [-0.3, -0.25) is 0 Å². The number of alkyl halides is 12. The first-order valence-electron chi connectivity index (χ1n) is 12.4. The van der Waals surface area contributed by atoms with Gasteiger partial charge in [-0.25, -0.2) is 0 Å². The van der Waals surface area contributed by atoms with E-state index >= 15 is 0 Å². The highest BCUT2D eigenvalue weighted by atomic mass is 31.1. The van der Waals surface area contributed by atoms with Gasteiger partial charge in [0, 0.05) is 27.0 Å². The maximum Gasteiger partial charge on any atom is 0.421 e. The fourth-order valence-electron chi connectivity index (χ4n) is 3.31. The molecule has 0 radical (unpaired) electrons. The van der Waals surface area contributed by atoms with Crippen LogP contribution in [0.1, 0.15) is 60.2 Å². The fraction of sp³-hybridized carbons (Fsp3) is 0.667. The summed E-state index contributed by atoms with van der Waals surface area (Å²) < 4.78 is 144. The number of carbonyl (C=O) groups is 2. The number of benzene rings is 1. The van der Waals surface area contributed by atoms with Gasteiger partial charge in [0.05, 0.1) is 24.3 Å². The van der Waals surface area contributed by atoms with Crippen LogP contribution in [0, 0.1) is 0 Å². The molecule has 0 aromatic heterocycles. The Morgan fingerprint density at radius 3 is 0.976 bits per heavy atom. The lowest BCUT2D eigenvalue weighted by Gasteiger charge is -2.14. The van der Waals surface area contributed by atoms with E-state index in [2.05, 4.69) is 0 Å². The van der Waals surface area contributed by atoms with Gasteiger partial charge in [0.2, 0.25) is 0 Å². The van der Waals surface area contributed by atoms with Crippen LogP contribution in [0.5, 0.6) is 0 Å². The second-order valence-electron chi connectivity index (χ2n) is 9.00. The third kappa shape index (κ3) is 25.9. The summed E-state index contributed by atoms with van der Waals surface area (Å²) in [6.07, 6.45) is -20.5. The van der Waals surface area contributed by atoms with Crippen LogP contribution < -0.4 is 10.2 Å². The molecule has 0 aliphatic carbocycles. The quantitative estimate of drug-likeness (QED) is 0.184. The molecule has 246 valence electrons. The van der Waals surface area contributed by atoms with Crippen molar-refractivity contribution in [1.29, 1.82) is 0 Å². The molecule has 0 saturated heterocycles. The van der Waals surface area contributed by atoms with E-state index in [0.717, 1.165) is 12.1 Å². The average Bonchev–Trinajstić information content (AvgIpc) is 2.78. The summed E-state index contributed by atoms with van der Waals surface area (Å²) in [5.74, 6) is -3.04. The molecule has 0 unspecified atom stereocenters. The first-order valence-corrected chi connectivity index (χ1v) is 16.6. The standard InChI is InChI=1S/2C8H13F6P.C8H6O4/c2*1-2-3-4-15(5-7(9,10)11)6-8(12,13)14;9-7(10)5-3-1-2-4-6(5)8(11)12/h2*2-6H2,1H3;1-4H,(H,9,10)(H,11,12). The van der Waals surface area contributed by atoms with Crippen LogP contribution in [-0.4, -0.2) is 73.6 Å².